The summed E-state index contributed by atoms with van der Waals surface area (Å²) in [6.45, 7) is 4.23. The van der Waals surface area contributed by atoms with E-state index in [1.807, 2.05) is 38.1 Å². The highest BCUT2D eigenvalue weighted by Crippen LogP contribution is 2.21. The van der Waals surface area contributed by atoms with Crippen molar-refractivity contribution < 1.29 is 9.32 Å². The van der Waals surface area contributed by atoms with Gasteiger partial charge in [0.1, 0.15) is 0 Å². The highest BCUT2D eigenvalue weighted by atomic mass is 35.5. The van der Waals surface area contributed by atoms with Gasteiger partial charge in [-0.2, -0.15) is 4.98 Å². The van der Waals surface area contributed by atoms with E-state index in [0.717, 1.165) is 11.3 Å². The van der Waals surface area contributed by atoms with Gasteiger partial charge in [0.2, 0.25) is 5.89 Å². The van der Waals surface area contributed by atoms with E-state index >= 15 is 0 Å². The Hall–Kier alpha value is -2.73. The Labute approximate surface area is 156 Å². The van der Waals surface area contributed by atoms with Crippen LogP contribution in [0.5, 0.6) is 0 Å². The lowest BCUT2D eigenvalue weighted by atomic mass is 10.1. The Morgan fingerprint density at radius 2 is 2.08 bits per heavy atom. The van der Waals surface area contributed by atoms with Crippen LogP contribution in [0.4, 0.5) is 0 Å². The van der Waals surface area contributed by atoms with Gasteiger partial charge in [-0.1, -0.05) is 42.7 Å². The molecule has 0 radical (unpaired) electrons. The molecule has 0 atom stereocenters. The average Bonchev–Trinajstić information content (AvgIpc) is 3.10. The van der Waals surface area contributed by atoms with Gasteiger partial charge in [0, 0.05) is 30.3 Å². The Morgan fingerprint density at radius 3 is 2.73 bits per heavy atom. The second-order valence-electron chi connectivity index (χ2n) is 6.31. The van der Waals surface area contributed by atoms with Crippen LogP contribution in [0.3, 0.4) is 0 Å². The standard InChI is InChI=1S/C19H19ClN4O2/c1-12(2)18-22-17(23-26-18)11-24(3)19(25)14-6-4-5-13(9-14)16-8-7-15(20)10-21-16/h4-10,12H,11H2,1-3H3. The number of rotatable bonds is 5. The third-order valence-corrected chi connectivity index (χ3v) is 4.06. The zero-order valence-corrected chi connectivity index (χ0v) is 15.6. The van der Waals surface area contributed by atoms with Gasteiger partial charge in [0.15, 0.2) is 5.82 Å². The Bertz CT molecular complexity index is 906. The molecule has 3 aromatic rings. The van der Waals surface area contributed by atoms with Gasteiger partial charge in [-0.15, -0.1) is 0 Å². The molecule has 1 amide bonds. The van der Waals surface area contributed by atoms with Crippen molar-refractivity contribution in [2.75, 3.05) is 7.05 Å². The third-order valence-electron chi connectivity index (χ3n) is 3.84. The Balaban J connectivity index is 1.76. The molecule has 1 aromatic carbocycles. The molecule has 0 fully saturated rings. The molecule has 0 saturated carbocycles. The monoisotopic (exact) mass is 370 g/mol. The number of halogens is 1. The summed E-state index contributed by atoms with van der Waals surface area (Å²) in [7, 11) is 1.71. The lowest BCUT2D eigenvalue weighted by Gasteiger charge is -2.15. The van der Waals surface area contributed by atoms with E-state index in [-0.39, 0.29) is 18.4 Å². The van der Waals surface area contributed by atoms with E-state index in [1.54, 1.807) is 30.3 Å². The molecule has 2 heterocycles. The third kappa shape index (κ3) is 4.08. The first kappa shape index (κ1) is 18.1. The molecule has 0 spiro atoms. The largest absolute Gasteiger partial charge is 0.339 e. The molecule has 7 heteroatoms. The molecule has 0 aliphatic rings. The van der Waals surface area contributed by atoms with Crippen LogP contribution < -0.4 is 0 Å². The van der Waals surface area contributed by atoms with Crippen LogP contribution in [0.1, 0.15) is 41.8 Å². The minimum atomic E-state index is -0.128. The summed E-state index contributed by atoms with van der Waals surface area (Å²) in [5.74, 6) is 1.08. The molecule has 0 aliphatic heterocycles. The van der Waals surface area contributed by atoms with E-state index in [0.29, 0.717) is 22.3 Å². The van der Waals surface area contributed by atoms with Crippen molar-refractivity contribution in [1.29, 1.82) is 0 Å². The molecular formula is C19H19ClN4O2. The van der Waals surface area contributed by atoms with Gasteiger partial charge in [0.25, 0.3) is 5.91 Å². The molecule has 2 aromatic heterocycles. The summed E-state index contributed by atoms with van der Waals surface area (Å²) in [4.78, 5) is 22.9. The predicted molar refractivity (Wildman–Crippen MR) is 98.9 cm³/mol. The van der Waals surface area contributed by atoms with E-state index in [2.05, 4.69) is 15.1 Å². The zero-order valence-electron chi connectivity index (χ0n) is 14.8. The number of amides is 1. The molecule has 0 N–H and O–H groups in total. The van der Waals surface area contributed by atoms with Gasteiger partial charge in [-0.05, 0) is 24.3 Å². The van der Waals surface area contributed by atoms with Crippen molar-refractivity contribution in [3.8, 4) is 11.3 Å². The highest BCUT2D eigenvalue weighted by Gasteiger charge is 2.17. The number of carbonyl (C=O) groups is 1. The van der Waals surface area contributed by atoms with Crippen molar-refractivity contribution in [2.45, 2.75) is 26.3 Å². The van der Waals surface area contributed by atoms with E-state index < -0.39 is 0 Å². The van der Waals surface area contributed by atoms with Crippen molar-refractivity contribution >= 4 is 17.5 Å². The quantitative estimate of drug-likeness (QED) is 0.673. The summed E-state index contributed by atoms with van der Waals surface area (Å²) >= 11 is 5.88. The van der Waals surface area contributed by atoms with Gasteiger partial charge in [-0.25, -0.2) is 0 Å². The summed E-state index contributed by atoms with van der Waals surface area (Å²) in [6, 6.07) is 10.9. The number of aromatic nitrogens is 3. The van der Waals surface area contributed by atoms with Gasteiger partial charge in [0.05, 0.1) is 17.3 Å². The van der Waals surface area contributed by atoms with Crippen molar-refractivity contribution in [3.63, 3.8) is 0 Å². The number of hydrogen-bond acceptors (Lipinski definition) is 5. The maximum Gasteiger partial charge on any atom is 0.254 e. The summed E-state index contributed by atoms with van der Waals surface area (Å²) < 4.78 is 5.18. The second kappa shape index (κ2) is 7.66. The molecule has 0 aliphatic carbocycles. The smallest absolute Gasteiger partial charge is 0.254 e. The first-order valence-electron chi connectivity index (χ1n) is 8.24. The molecule has 0 saturated heterocycles. The molecule has 26 heavy (non-hydrogen) atoms. The summed E-state index contributed by atoms with van der Waals surface area (Å²) in [6.07, 6.45) is 1.58. The maximum atomic E-state index is 12.7. The van der Waals surface area contributed by atoms with Crippen LogP contribution >= 0.6 is 11.6 Å². The zero-order chi connectivity index (χ0) is 18.7. The Kier molecular flexibility index (Phi) is 5.32. The van der Waals surface area contributed by atoms with Gasteiger partial charge >= 0.3 is 0 Å². The predicted octanol–water partition coefficient (Wildman–Crippen LogP) is 4.18. The SMILES string of the molecule is CC(C)c1nc(CN(C)C(=O)c2cccc(-c3ccc(Cl)cn3)c2)no1. The Morgan fingerprint density at radius 1 is 1.27 bits per heavy atom. The fourth-order valence-electron chi connectivity index (χ4n) is 2.43. The lowest BCUT2D eigenvalue weighted by molar-refractivity contribution is 0.0780. The van der Waals surface area contributed by atoms with Crippen LogP contribution in [0.2, 0.25) is 5.02 Å². The van der Waals surface area contributed by atoms with Crippen LogP contribution in [-0.2, 0) is 6.54 Å². The van der Waals surface area contributed by atoms with Crippen LogP contribution in [-0.4, -0.2) is 33.0 Å². The molecule has 0 unspecified atom stereocenters. The fourth-order valence-corrected chi connectivity index (χ4v) is 2.54. The number of pyridine rings is 1. The normalized spacial score (nSPS) is 11.0. The number of hydrogen-bond donors (Lipinski definition) is 0. The topological polar surface area (TPSA) is 72.1 Å². The first-order chi connectivity index (χ1) is 12.4. The minimum absolute atomic E-state index is 0.128. The number of carbonyl (C=O) groups excluding carboxylic acids is 1. The van der Waals surface area contributed by atoms with Crippen molar-refractivity contribution in [1.82, 2.24) is 20.0 Å². The fraction of sp³-hybridized carbons (Fsp3) is 0.263. The van der Waals surface area contributed by atoms with E-state index in [1.165, 1.54) is 0 Å². The van der Waals surface area contributed by atoms with E-state index in [4.69, 9.17) is 16.1 Å². The molecule has 6 nitrogen and oxygen atoms in total. The van der Waals surface area contributed by atoms with Gasteiger partial charge in [-0.3, -0.25) is 9.78 Å². The number of benzene rings is 1. The van der Waals surface area contributed by atoms with Crippen molar-refractivity contribution in [2.24, 2.45) is 0 Å². The lowest BCUT2D eigenvalue weighted by Crippen LogP contribution is -2.26. The molecular weight excluding hydrogens is 352 g/mol. The first-order valence-corrected chi connectivity index (χ1v) is 8.62. The molecule has 0 bridgehead atoms. The number of nitrogens with zero attached hydrogens (tertiary/aromatic N) is 4. The van der Waals surface area contributed by atoms with Crippen LogP contribution in [0, 0.1) is 0 Å². The summed E-state index contributed by atoms with van der Waals surface area (Å²) in [5.41, 5.74) is 2.17. The highest BCUT2D eigenvalue weighted by molar-refractivity contribution is 6.30. The summed E-state index contributed by atoms with van der Waals surface area (Å²) in [5, 5.41) is 4.50. The van der Waals surface area contributed by atoms with E-state index in [9.17, 15) is 4.79 Å². The molecule has 134 valence electrons. The van der Waals surface area contributed by atoms with Gasteiger partial charge < -0.3 is 9.42 Å². The molecule has 3 rings (SSSR count). The van der Waals surface area contributed by atoms with Crippen LogP contribution in [0.15, 0.2) is 47.1 Å². The minimum Gasteiger partial charge on any atom is -0.339 e. The van der Waals surface area contributed by atoms with Crippen molar-refractivity contribution in [3.05, 3.63) is 64.9 Å². The average molecular weight is 371 g/mol. The maximum absolute atomic E-state index is 12.7. The van der Waals surface area contributed by atoms with Crippen LogP contribution in [0.25, 0.3) is 11.3 Å². The second-order valence-corrected chi connectivity index (χ2v) is 6.74.